The summed E-state index contributed by atoms with van der Waals surface area (Å²) in [5, 5.41) is 7.95. The highest BCUT2D eigenvalue weighted by molar-refractivity contribution is 8.00. The van der Waals surface area contributed by atoms with E-state index in [1.807, 2.05) is 66.7 Å². The molecule has 28 heavy (non-hydrogen) atoms. The van der Waals surface area contributed by atoms with Crippen LogP contribution in [-0.2, 0) is 9.59 Å². The number of anilines is 2. The van der Waals surface area contributed by atoms with Crippen molar-refractivity contribution in [3.8, 4) is 0 Å². The molecule has 4 nitrogen and oxygen atoms in total. The van der Waals surface area contributed by atoms with Crippen LogP contribution in [0.25, 0.3) is 10.8 Å². The molecule has 144 valence electrons. The largest absolute Gasteiger partial charge is 0.325 e. The van der Waals surface area contributed by atoms with E-state index in [9.17, 15) is 9.59 Å². The van der Waals surface area contributed by atoms with Crippen LogP contribution >= 0.6 is 11.8 Å². The van der Waals surface area contributed by atoms with Crippen LogP contribution < -0.4 is 10.6 Å². The summed E-state index contributed by atoms with van der Waals surface area (Å²) >= 11 is 1.30. The van der Waals surface area contributed by atoms with Gasteiger partial charge >= 0.3 is 0 Å². The quantitative estimate of drug-likeness (QED) is 0.576. The number of hydrogen-bond acceptors (Lipinski definition) is 3. The molecular formula is C23H24N2O2S. The third-order valence-corrected chi connectivity index (χ3v) is 5.29. The van der Waals surface area contributed by atoms with E-state index in [1.165, 1.54) is 17.3 Å². The molecule has 0 aromatic heterocycles. The zero-order valence-electron chi connectivity index (χ0n) is 16.1. The van der Waals surface area contributed by atoms with Crippen molar-refractivity contribution >= 4 is 45.7 Å². The first-order valence-electron chi connectivity index (χ1n) is 9.27. The van der Waals surface area contributed by atoms with Crippen LogP contribution in [-0.4, -0.2) is 23.3 Å². The minimum atomic E-state index is -0.116. The Morgan fingerprint density at radius 3 is 2.00 bits per heavy atom. The normalized spacial score (nSPS) is 10.8. The van der Waals surface area contributed by atoms with Crippen molar-refractivity contribution in [3.63, 3.8) is 0 Å². The maximum atomic E-state index is 12.1. The van der Waals surface area contributed by atoms with Crippen LogP contribution in [0.3, 0.4) is 0 Å². The number of rotatable bonds is 7. The number of carbonyl (C=O) groups is 2. The van der Waals surface area contributed by atoms with Crippen molar-refractivity contribution in [1.29, 1.82) is 0 Å². The van der Waals surface area contributed by atoms with Crippen LogP contribution in [0.15, 0.2) is 66.7 Å². The summed E-state index contributed by atoms with van der Waals surface area (Å²) in [5.74, 6) is 0.695. The Balaban J connectivity index is 1.43. The second kappa shape index (κ2) is 9.42. The van der Waals surface area contributed by atoms with Gasteiger partial charge in [-0.3, -0.25) is 9.59 Å². The predicted molar refractivity (Wildman–Crippen MR) is 119 cm³/mol. The molecule has 0 spiro atoms. The molecule has 3 aromatic carbocycles. The van der Waals surface area contributed by atoms with E-state index in [0.717, 1.165) is 22.1 Å². The highest BCUT2D eigenvalue weighted by Gasteiger charge is 2.07. The highest BCUT2D eigenvalue weighted by Crippen LogP contribution is 2.19. The van der Waals surface area contributed by atoms with Gasteiger partial charge in [0.2, 0.25) is 11.8 Å². The van der Waals surface area contributed by atoms with Gasteiger partial charge in [0.25, 0.3) is 0 Å². The molecule has 0 aliphatic carbocycles. The smallest absolute Gasteiger partial charge is 0.234 e. The molecule has 0 heterocycles. The fraction of sp³-hybridized carbons (Fsp3) is 0.217. The number of amides is 2. The lowest BCUT2D eigenvalue weighted by Crippen LogP contribution is -2.18. The van der Waals surface area contributed by atoms with Crippen LogP contribution in [0.4, 0.5) is 11.4 Å². The topological polar surface area (TPSA) is 58.2 Å². The first-order valence-corrected chi connectivity index (χ1v) is 10.4. The zero-order chi connectivity index (χ0) is 19.9. The Hall–Kier alpha value is -2.79. The van der Waals surface area contributed by atoms with E-state index in [2.05, 4.69) is 24.5 Å². The SMILES string of the molecule is CC(C)c1ccc(NC(=O)CSCC(=O)Nc2ccc3ccccc3c2)cc1. The van der Waals surface area contributed by atoms with Gasteiger partial charge in [0.05, 0.1) is 11.5 Å². The Morgan fingerprint density at radius 1 is 0.786 bits per heavy atom. The Labute approximate surface area is 169 Å². The number of benzene rings is 3. The summed E-state index contributed by atoms with van der Waals surface area (Å²) in [4.78, 5) is 24.2. The number of fused-ring (bicyclic) bond motifs is 1. The van der Waals surface area contributed by atoms with E-state index < -0.39 is 0 Å². The Bertz CT molecular complexity index is 968. The van der Waals surface area contributed by atoms with Gasteiger partial charge in [-0.2, -0.15) is 0 Å². The molecule has 0 fully saturated rings. The first kappa shape index (κ1) is 20.0. The van der Waals surface area contributed by atoms with Crippen LogP contribution in [0.5, 0.6) is 0 Å². The van der Waals surface area contributed by atoms with Crippen LogP contribution in [0, 0.1) is 0 Å². The fourth-order valence-corrected chi connectivity index (χ4v) is 3.47. The average molecular weight is 393 g/mol. The Morgan fingerprint density at radius 2 is 1.36 bits per heavy atom. The Kier molecular flexibility index (Phi) is 6.71. The van der Waals surface area contributed by atoms with E-state index >= 15 is 0 Å². The summed E-state index contributed by atoms with van der Waals surface area (Å²) in [5.41, 5.74) is 2.77. The van der Waals surface area contributed by atoms with Gasteiger partial charge in [0.15, 0.2) is 0 Å². The highest BCUT2D eigenvalue weighted by atomic mass is 32.2. The lowest BCUT2D eigenvalue weighted by Gasteiger charge is -2.09. The predicted octanol–water partition coefficient (Wildman–Crippen LogP) is 5.27. The summed E-state index contributed by atoms with van der Waals surface area (Å²) < 4.78 is 0. The number of thioether (sulfide) groups is 1. The minimum Gasteiger partial charge on any atom is -0.325 e. The lowest BCUT2D eigenvalue weighted by atomic mass is 10.0. The summed E-state index contributed by atoms with van der Waals surface area (Å²) in [7, 11) is 0. The second-order valence-corrected chi connectivity index (χ2v) is 7.91. The van der Waals surface area contributed by atoms with Crippen molar-refractivity contribution in [3.05, 3.63) is 72.3 Å². The molecule has 0 saturated carbocycles. The van der Waals surface area contributed by atoms with Gasteiger partial charge in [-0.05, 0) is 46.5 Å². The molecule has 2 amide bonds. The molecule has 0 radical (unpaired) electrons. The number of carbonyl (C=O) groups excluding carboxylic acids is 2. The number of hydrogen-bond donors (Lipinski definition) is 2. The molecule has 5 heteroatoms. The standard InChI is InChI=1S/C23H24N2O2S/c1-16(2)17-7-10-20(11-8-17)24-22(26)14-28-15-23(27)25-21-12-9-18-5-3-4-6-19(18)13-21/h3-13,16H,14-15H2,1-2H3,(H,24,26)(H,25,27). The third kappa shape index (κ3) is 5.60. The van der Waals surface area contributed by atoms with Crippen LogP contribution in [0.1, 0.15) is 25.3 Å². The van der Waals surface area contributed by atoms with Crippen LogP contribution in [0.2, 0.25) is 0 Å². The molecule has 0 aliphatic heterocycles. The fourth-order valence-electron chi connectivity index (χ4n) is 2.85. The molecule has 0 unspecified atom stereocenters. The summed E-state index contributed by atoms with van der Waals surface area (Å²) in [6, 6.07) is 21.7. The number of nitrogens with one attached hydrogen (secondary N) is 2. The van der Waals surface area contributed by atoms with Gasteiger partial charge in [-0.1, -0.05) is 56.3 Å². The molecule has 2 N–H and O–H groups in total. The second-order valence-electron chi connectivity index (χ2n) is 6.93. The molecular weight excluding hydrogens is 368 g/mol. The molecule has 3 rings (SSSR count). The molecule has 3 aromatic rings. The maximum Gasteiger partial charge on any atom is 0.234 e. The van der Waals surface area contributed by atoms with E-state index in [1.54, 1.807) is 0 Å². The van der Waals surface area contributed by atoms with Gasteiger partial charge in [-0.25, -0.2) is 0 Å². The summed E-state index contributed by atoms with van der Waals surface area (Å²) in [6.45, 7) is 4.26. The third-order valence-electron chi connectivity index (χ3n) is 4.36. The van der Waals surface area contributed by atoms with E-state index in [0.29, 0.717) is 5.92 Å². The molecule has 0 bridgehead atoms. The zero-order valence-corrected chi connectivity index (χ0v) is 16.9. The van der Waals surface area contributed by atoms with Crippen molar-refractivity contribution < 1.29 is 9.59 Å². The molecule has 0 atom stereocenters. The van der Waals surface area contributed by atoms with Crippen molar-refractivity contribution in [1.82, 2.24) is 0 Å². The lowest BCUT2D eigenvalue weighted by molar-refractivity contribution is -0.114. The first-order chi connectivity index (χ1) is 13.5. The van der Waals surface area contributed by atoms with E-state index in [-0.39, 0.29) is 23.3 Å². The van der Waals surface area contributed by atoms with Crippen molar-refractivity contribution in [2.75, 3.05) is 22.1 Å². The van der Waals surface area contributed by atoms with E-state index in [4.69, 9.17) is 0 Å². The van der Waals surface area contributed by atoms with Crippen molar-refractivity contribution in [2.45, 2.75) is 19.8 Å². The maximum absolute atomic E-state index is 12.1. The average Bonchev–Trinajstić information content (AvgIpc) is 2.68. The monoisotopic (exact) mass is 392 g/mol. The van der Waals surface area contributed by atoms with Gasteiger partial charge in [-0.15, -0.1) is 11.8 Å². The van der Waals surface area contributed by atoms with Gasteiger partial charge in [0, 0.05) is 11.4 Å². The molecule has 0 saturated heterocycles. The minimum absolute atomic E-state index is 0.110. The van der Waals surface area contributed by atoms with Crippen molar-refractivity contribution in [2.24, 2.45) is 0 Å². The van der Waals surface area contributed by atoms with Gasteiger partial charge in [0.1, 0.15) is 0 Å². The van der Waals surface area contributed by atoms with Gasteiger partial charge < -0.3 is 10.6 Å². The summed E-state index contributed by atoms with van der Waals surface area (Å²) in [6.07, 6.45) is 0. The molecule has 0 aliphatic rings.